The quantitative estimate of drug-likeness (QED) is 0.642. The van der Waals surface area contributed by atoms with Crippen LogP contribution in [-0.2, 0) is 4.79 Å². The van der Waals surface area contributed by atoms with Gasteiger partial charge >= 0.3 is 0 Å². The monoisotopic (exact) mass is 342 g/mol. The van der Waals surface area contributed by atoms with Crippen molar-refractivity contribution in [3.8, 4) is 5.75 Å². The van der Waals surface area contributed by atoms with Crippen molar-refractivity contribution < 1.29 is 9.53 Å². The Kier molecular flexibility index (Phi) is 9.07. The number of nitrogens with two attached hydrogens (primary N) is 1. The van der Waals surface area contributed by atoms with Crippen LogP contribution in [0.4, 0.5) is 0 Å². The van der Waals surface area contributed by atoms with Crippen LogP contribution in [0.1, 0.15) is 32.1 Å². The van der Waals surface area contributed by atoms with E-state index in [2.05, 4.69) is 21.2 Å². The molecule has 20 heavy (non-hydrogen) atoms. The van der Waals surface area contributed by atoms with Gasteiger partial charge in [0.1, 0.15) is 12.4 Å². The first kappa shape index (κ1) is 17.0. The second-order valence-electron chi connectivity index (χ2n) is 4.61. The number of benzene rings is 1. The molecule has 1 amide bonds. The lowest BCUT2D eigenvalue weighted by Crippen LogP contribution is -2.27. The van der Waals surface area contributed by atoms with Crippen LogP contribution < -0.4 is 15.8 Å². The van der Waals surface area contributed by atoms with Gasteiger partial charge < -0.3 is 15.8 Å². The van der Waals surface area contributed by atoms with Crippen LogP contribution >= 0.6 is 15.9 Å². The van der Waals surface area contributed by atoms with Gasteiger partial charge in [-0.15, -0.1) is 0 Å². The van der Waals surface area contributed by atoms with Gasteiger partial charge in [0.2, 0.25) is 5.91 Å². The zero-order valence-corrected chi connectivity index (χ0v) is 13.3. The normalized spacial score (nSPS) is 10.3. The van der Waals surface area contributed by atoms with Crippen molar-refractivity contribution >= 4 is 21.8 Å². The van der Waals surface area contributed by atoms with Crippen LogP contribution in [0.2, 0.25) is 0 Å². The summed E-state index contributed by atoms with van der Waals surface area (Å²) in [6.07, 6.45) is 4.74. The first-order valence-electron chi connectivity index (χ1n) is 7.07. The Labute approximate surface area is 129 Å². The van der Waals surface area contributed by atoms with Crippen LogP contribution in [0.15, 0.2) is 28.7 Å². The van der Waals surface area contributed by atoms with Crippen LogP contribution in [0, 0.1) is 0 Å². The number of ether oxygens (including phenoxy) is 1. The summed E-state index contributed by atoms with van der Waals surface area (Å²) >= 11 is 3.37. The number of hydrogen-bond donors (Lipinski definition) is 2. The summed E-state index contributed by atoms with van der Waals surface area (Å²) in [5.41, 5.74) is 5.41. The molecule has 0 atom stereocenters. The third-order valence-electron chi connectivity index (χ3n) is 2.86. The minimum Gasteiger partial charge on any atom is -0.492 e. The molecule has 0 unspecified atom stereocenters. The molecular formula is C15H23BrN2O2. The highest BCUT2D eigenvalue weighted by Gasteiger charge is 2.00. The van der Waals surface area contributed by atoms with E-state index in [-0.39, 0.29) is 5.91 Å². The summed E-state index contributed by atoms with van der Waals surface area (Å²) in [6, 6.07) is 7.64. The zero-order valence-electron chi connectivity index (χ0n) is 11.7. The van der Waals surface area contributed by atoms with E-state index in [1.165, 1.54) is 0 Å². The highest BCUT2D eigenvalue weighted by molar-refractivity contribution is 9.10. The second kappa shape index (κ2) is 10.7. The molecule has 0 bridgehead atoms. The molecule has 0 aromatic heterocycles. The van der Waals surface area contributed by atoms with Crippen molar-refractivity contribution in [2.45, 2.75) is 32.1 Å². The summed E-state index contributed by atoms with van der Waals surface area (Å²) < 4.78 is 6.54. The highest BCUT2D eigenvalue weighted by atomic mass is 79.9. The molecule has 0 aliphatic rings. The Morgan fingerprint density at radius 2 is 1.85 bits per heavy atom. The fraction of sp³-hybridized carbons (Fsp3) is 0.533. The van der Waals surface area contributed by atoms with Gasteiger partial charge in [-0.05, 0) is 43.7 Å². The zero-order chi connectivity index (χ0) is 14.6. The van der Waals surface area contributed by atoms with Crippen molar-refractivity contribution in [1.82, 2.24) is 5.32 Å². The molecule has 0 aliphatic heterocycles. The first-order chi connectivity index (χ1) is 9.72. The first-order valence-corrected chi connectivity index (χ1v) is 7.87. The maximum atomic E-state index is 11.5. The summed E-state index contributed by atoms with van der Waals surface area (Å²) in [6.45, 7) is 1.76. The number of halogens is 1. The average Bonchev–Trinajstić information content (AvgIpc) is 2.45. The molecule has 4 nitrogen and oxygen atoms in total. The molecule has 1 aromatic carbocycles. The van der Waals surface area contributed by atoms with Crippen LogP contribution in [0.3, 0.4) is 0 Å². The molecule has 1 rings (SSSR count). The molecule has 3 N–H and O–H groups in total. The Morgan fingerprint density at radius 3 is 2.55 bits per heavy atom. The molecular weight excluding hydrogens is 320 g/mol. The third-order valence-corrected chi connectivity index (χ3v) is 3.39. The molecule has 112 valence electrons. The van der Waals surface area contributed by atoms with Gasteiger partial charge in [0.05, 0.1) is 6.54 Å². The fourth-order valence-electron chi connectivity index (χ4n) is 1.76. The van der Waals surface area contributed by atoms with Gasteiger partial charge in [-0.2, -0.15) is 0 Å². The van der Waals surface area contributed by atoms with E-state index in [0.717, 1.165) is 42.5 Å². The largest absolute Gasteiger partial charge is 0.492 e. The second-order valence-corrected chi connectivity index (χ2v) is 5.52. The topological polar surface area (TPSA) is 64.4 Å². The SMILES string of the molecule is NCCCCCCC(=O)NCCOc1ccc(Br)cc1. The van der Waals surface area contributed by atoms with Crippen molar-refractivity contribution in [2.24, 2.45) is 5.73 Å². The van der Waals surface area contributed by atoms with Gasteiger partial charge in [0.25, 0.3) is 0 Å². The van der Waals surface area contributed by atoms with Crippen molar-refractivity contribution in [2.75, 3.05) is 19.7 Å². The van der Waals surface area contributed by atoms with Crippen molar-refractivity contribution in [1.29, 1.82) is 0 Å². The lowest BCUT2D eigenvalue weighted by Gasteiger charge is -2.08. The maximum absolute atomic E-state index is 11.5. The Morgan fingerprint density at radius 1 is 1.15 bits per heavy atom. The molecule has 5 heteroatoms. The molecule has 0 fully saturated rings. The fourth-order valence-corrected chi connectivity index (χ4v) is 2.03. The maximum Gasteiger partial charge on any atom is 0.220 e. The Hall–Kier alpha value is -1.07. The third kappa shape index (κ3) is 8.17. The molecule has 1 aromatic rings. The molecule has 0 heterocycles. The van der Waals surface area contributed by atoms with Gasteiger partial charge in [-0.25, -0.2) is 0 Å². The summed E-state index contributed by atoms with van der Waals surface area (Å²) in [7, 11) is 0. The minimum absolute atomic E-state index is 0.0946. The number of carbonyl (C=O) groups is 1. The van der Waals surface area contributed by atoms with Gasteiger partial charge in [0.15, 0.2) is 0 Å². The van der Waals surface area contributed by atoms with Crippen LogP contribution in [-0.4, -0.2) is 25.6 Å². The lowest BCUT2D eigenvalue weighted by atomic mass is 10.1. The van der Waals surface area contributed by atoms with Crippen LogP contribution in [0.5, 0.6) is 5.75 Å². The van der Waals surface area contributed by atoms with E-state index >= 15 is 0 Å². The molecule has 0 radical (unpaired) electrons. The summed E-state index contributed by atoms with van der Waals surface area (Å²) in [4.78, 5) is 11.5. The van der Waals surface area contributed by atoms with E-state index in [1.807, 2.05) is 24.3 Å². The predicted octanol–water partition coefficient (Wildman–Crippen LogP) is 2.85. The minimum atomic E-state index is 0.0946. The highest BCUT2D eigenvalue weighted by Crippen LogP contribution is 2.15. The van der Waals surface area contributed by atoms with Gasteiger partial charge in [-0.3, -0.25) is 4.79 Å². The van der Waals surface area contributed by atoms with E-state index < -0.39 is 0 Å². The van der Waals surface area contributed by atoms with Gasteiger partial charge in [-0.1, -0.05) is 28.8 Å². The molecule has 0 saturated carbocycles. The molecule has 0 saturated heterocycles. The van der Waals surface area contributed by atoms with Crippen molar-refractivity contribution in [3.63, 3.8) is 0 Å². The number of hydrogen-bond acceptors (Lipinski definition) is 3. The summed E-state index contributed by atoms with van der Waals surface area (Å²) in [5.74, 6) is 0.904. The van der Waals surface area contributed by atoms with Crippen molar-refractivity contribution in [3.05, 3.63) is 28.7 Å². The molecule has 0 aliphatic carbocycles. The number of unbranched alkanes of at least 4 members (excludes halogenated alkanes) is 3. The van der Waals surface area contributed by atoms with E-state index in [0.29, 0.717) is 19.6 Å². The van der Waals surface area contributed by atoms with Crippen LogP contribution in [0.25, 0.3) is 0 Å². The predicted molar refractivity (Wildman–Crippen MR) is 84.8 cm³/mol. The smallest absolute Gasteiger partial charge is 0.220 e. The average molecular weight is 343 g/mol. The number of rotatable bonds is 10. The molecule has 0 spiro atoms. The van der Waals surface area contributed by atoms with E-state index in [4.69, 9.17) is 10.5 Å². The van der Waals surface area contributed by atoms with E-state index in [1.54, 1.807) is 0 Å². The standard InChI is InChI=1S/C15H23BrN2O2/c16-13-6-8-14(9-7-13)20-12-11-18-15(19)5-3-1-2-4-10-17/h6-9H,1-5,10-12,17H2,(H,18,19). The Bertz CT molecular complexity index is 382. The summed E-state index contributed by atoms with van der Waals surface area (Å²) in [5, 5.41) is 2.86. The Balaban J connectivity index is 2.00. The van der Waals surface area contributed by atoms with E-state index in [9.17, 15) is 4.79 Å². The number of nitrogens with one attached hydrogen (secondary N) is 1. The van der Waals surface area contributed by atoms with Gasteiger partial charge in [0, 0.05) is 10.9 Å². The lowest BCUT2D eigenvalue weighted by molar-refractivity contribution is -0.121. The number of carbonyl (C=O) groups excluding carboxylic acids is 1. The number of amides is 1.